The van der Waals surface area contributed by atoms with Gasteiger partial charge in [0.2, 0.25) is 16.7 Å². The van der Waals surface area contributed by atoms with Crippen LogP contribution in [0.2, 0.25) is 0 Å². The Morgan fingerprint density at radius 2 is 1.96 bits per heavy atom. The second-order valence-corrected chi connectivity index (χ2v) is 7.19. The molecule has 8 heteroatoms. The SMILES string of the molecule is CCCCCCCCn1cc[n+](C[C@@H]2CCCN2)c1.O=S(=O)([O-])O. The van der Waals surface area contributed by atoms with Crippen molar-refractivity contribution in [3.8, 4) is 0 Å². The van der Waals surface area contributed by atoms with Crippen LogP contribution in [0.15, 0.2) is 18.7 Å². The van der Waals surface area contributed by atoms with Crippen LogP contribution in [0.25, 0.3) is 0 Å². The summed E-state index contributed by atoms with van der Waals surface area (Å²) in [6.07, 6.45) is 17.6. The Morgan fingerprint density at radius 1 is 1.29 bits per heavy atom. The van der Waals surface area contributed by atoms with Crippen molar-refractivity contribution in [2.24, 2.45) is 0 Å². The maximum Gasteiger partial charge on any atom is 0.243 e. The van der Waals surface area contributed by atoms with Crippen molar-refractivity contribution < 1.29 is 22.1 Å². The van der Waals surface area contributed by atoms with E-state index in [1.54, 1.807) is 0 Å². The molecule has 1 aliphatic heterocycles. The van der Waals surface area contributed by atoms with Crippen LogP contribution in [0.3, 0.4) is 0 Å². The van der Waals surface area contributed by atoms with Crippen LogP contribution in [-0.2, 0) is 23.5 Å². The summed E-state index contributed by atoms with van der Waals surface area (Å²) < 4.78 is 37.5. The summed E-state index contributed by atoms with van der Waals surface area (Å²) in [4.78, 5) is 0. The Labute approximate surface area is 145 Å². The van der Waals surface area contributed by atoms with Gasteiger partial charge in [-0.1, -0.05) is 32.6 Å². The lowest BCUT2D eigenvalue weighted by atomic mass is 10.1. The molecule has 0 aromatic carbocycles. The second-order valence-electron chi connectivity index (χ2n) is 6.34. The van der Waals surface area contributed by atoms with E-state index < -0.39 is 10.4 Å². The van der Waals surface area contributed by atoms with Crippen molar-refractivity contribution in [2.45, 2.75) is 77.4 Å². The molecule has 1 fully saturated rings. The number of imidazole rings is 1. The van der Waals surface area contributed by atoms with Gasteiger partial charge in [0.1, 0.15) is 18.9 Å². The average molecular weight is 362 g/mol. The second kappa shape index (κ2) is 11.6. The Morgan fingerprint density at radius 3 is 2.58 bits per heavy atom. The summed E-state index contributed by atoms with van der Waals surface area (Å²) in [5.41, 5.74) is 0. The smallest absolute Gasteiger partial charge is 0.243 e. The van der Waals surface area contributed by atoms with Crippen LogP contribution in [0.1, 0.15) is 58.3 Å². The fraction of sp³-hybridized carbons (Fsp3) is 0.812. The van der Waals surface area contributed by atoms with Gasteiger partial charge in [-0.3, -0.25) is 4.55 Å². The van der Waals surface area contributed by atoms with Crippen LogP contribution in [0.5, 0.6) is 0 Å². The third kappa shape index (κ3) is 11.6. The molecule has 7 nitrogen and oxygen atoms in total. The molecule has 1 atom stereocenters. The number of hydrogen-bond donors (Lipinski definition) is 2. The molecule has 1 aliphatic rings. The lowest BCUT2D eigenvalue weighted by Crippen LogP contribution is -2.41. The van der Waals surface area contributed by atoms with Gasteiger partial charge in [0.25, 0.3) is 0 Å². The molecule has 24 heavy (non-hydrogen) atoms. The van der Waals surface area contributed by atoms with Crippen molar-refractivity contribution in [1.29, 1.82) is 0 Å². The van der Waals surface area contributed by atoms with E-state index >= 15 is 0 Å². The summed E-state index contributed by atoms with van der Waals surface area (Å²) in [6.45, 7) is 5.78. The zero-order valence-electron chi connectivity index (χ0n) is 14.6. The summed E-state index contributed by atoms with van der Waals surface area (Å²) in [6, 6.07) is 0.690. The van der Waals surface area contributed by atoms with Crippen molar-refractivity contribution >= 4 is 10.4 Å². The first-order chi connectivity index (χ1) is 11.4. The molecule has 0 radical (unpaired) electrons. The fourth-order valence-corrected chi connectivity index (χ4v) is 2.92. The summed E-state index contributed by atoms with van der Waals surface area (Å²) >= 11 is 0. The molecule has 1 aromatic heterocycles. The Kier molecular flexibility index (Phi) is 10.2. The minimum Gasteiger partial charge on any atom is -0.726 e. The molecule has 0 spiro atoms. The standard InChI is InChI=1S/C16H30N3.H2O4S/c1-2-3-4-5-6-7-11-18-12-13-19(15-18)14-16-9-8-10-17-16;1-5(2,3)4/h12-13,15-17H,2-11,14H2,1H3;(H2,1,2,3,4)/q+1;/p-1/t16-;/m0./s1. The van der Waals surface area contributed by atoms with Crippen LogP contribution in [0, 0.1) is 0 Å². The predicted molar refractivity (Wildman–Crippen MR) is 91.4 cm³/mol. The summed E-state index contributed by atoms with van der Waals surface area (Å²) in [7, 11) is -4.92. The van der Waals surface area contributed by atoms with Crippen LogP contribution >= 0.6 is 0 Å². The molecule has 1 aromatic rings. The lowest BCUT2D eigenvalue weighted by molar-refractivity contribution is -0.698. The highest BCUT2D eigenvalue weighted by Gasteiger charge is 2.17. The Balaban J connectivity index is 0.000000505. The summed E-state index contributed by atoms with van der Waals surface area (Å²) in [5.74, 6) is 0. The van der Waals surface area contributed by atoms with Gasteiger partial charge in [-0.2, -0.15) is 0 Å². The molecule has 2 rings (SSSR count). The van der Waals surface area contributed by atoms with Gasteiger partial charge in [-0.25, -0.2) is 17.6 Å². The topological polar surface area (TPSA) is 98.3 Å². The van der Waals surface area contributed by atoms with Crippen molar-refractivity contribution in [3.63, 3.8) is 0 Å². The van der Waals surface area contributed by atoms with Gasteiger partial charge < -0.3 is 9.87 Å². The molecule has 0 unspecified atom stereocenters. The van der Waals surface area contributed by atoms with E-state index in [4.69, 9.17) is 17.5 Å². The minimum atomic E-state index is -4.92. The average Bonchev–Trinajstić information content (AvgIpc) is 3.13. The van der Waals surface area contributed by atoms with E-state index in [1.165, 1.54) is 64.5 Å². The van der Waals surface area contributed by atoms with Crippen molar-refractivity contribution in [2.75, 3.05) is 6.54 Å². The van der Waals surface area contributed by atoms with Crippen LogP contribution in [0.4, 0.5) is 0 Å². The zero-order chi connectivity index (χ0) is 17.8. The first kappa shape index (κ1) is 21.1. The van der Waals surface area contributed by atoms with E-state index in [9.17, 15) is 0 Å². The monoisotopic (exact) mass is 361 g/mol. The quantitative estimate of drug-likeness (QED) is 0.303. The number of aromatic nitrogens is 2. The molecule has 1 saturated heterocycles. The molecule has 0 amide bonds. The minimum absolute atomic E-state index is 0.690. The Bertz CT molecular complexity index is 531. The predicted octanol–water partition coefficient (Wildman–Crippen LogP) is 1.89. The van der Waals surface area contributed by atoms with Gasteiger partial charge >= 0.3 is 0 Å². The number of nitrogens with zero attached hydrogens (tertiary/aromatic N) is 2. The fourth-order valence-electron chi connectivity index (χ4n) is 2.92. The maximum atomic E-state index is 8.63. The molecule has 0 bridgehead atoms. The van der Waals surface area contributed by atoms with Crippen LogP contribution < -0.4 is 9.88 Å². The third-order valence-corrected chi connectivity index (χ3v) is 4.11. The lowest BCUT2D eigenvalue weighted by Gasteiger charge is -2.05. The number of rotatable bonds is 9. The maximum absolute atomic E-state index is 8.63. The molecule has 2 N–H and O–H groups in total. The number of nitrogens with one attached hydrogen (secondary N) is 1. The number of aryl methyl sites for hydroxylation is 1. The van der Waals surface area contributed by atoms with Gasteiger partial charge in [0.15, 0.2) is 0 Å². The highest BCUT2D eigenvalue weighted by atomic mass is 32.3. The highest BCUT2D eigenvalue weighted by Crippen LogP contribution is 2.06. The first-order valence-corrected chi connectivity index (χ1v) is 10.2. The Hall–Kier alpha value is -0.960. The molecule has 2 heterocycles. The number of hydrogen-bond acceptors (Lipinski definition) is 4. The van der Waals surface area contributed by atoms with E-state index in [2.05, 4.69) is 40.1 Å². The van der Waals surface area contributed by atoms with Crippen molar-refractivity contribution in [1.82, 2.24) is 9.88 Å². The van der Waals surface area contributed by atoms with E-state index in [1.807, 2.05) is 0 Å². The van der Waals surface area contributed by atoms with Gasteiger partial charge in [-0.05, 0) is 32.2 Å². The van der Waals surface area contributed by atoms with Crippen molar-refractivity contribution in [3.05, 3.63) is 18.7 Å². The molecule has 0 aliphatic carbocycles. The first-order valence-electron chi connectivity index (χ1n) is 8.85. The van der Waals surface area contributed by atoms with Crippen LogP contribution in [-0.4, -0.2) is 34.7 Å². The third-order valence-electron chi connectivity index (χ3n) is 4.11. The largest absolute Gasteiger partial charge is 0.726 e. The zero-order valence-corrected chi connectivity index (χ0v) is 15.4. The van der Waals surface area contributed by atoms with E-state index in [0.29, 0.717) is 6.04 Å². The molecule has 140 valence electrons. The van der Waals surface area contributed by atoms with Gasteiger partial charge in [0, 0.05) is 6.04 Å². The normalized spacial score (nSPS) is 17.5. The van der Waals surface area contributed by atoms with E-state index in [-0.39, 0.29) is 0 Å². The molecule has 0 saturated carbocycles. The highest BCUT2D eigenvalue weighted by molar-refractivity contribution is 7.79. The van der Waals surface area contributed by atoms with Gasteiger partial charge in [0.05, 0.1) is 6.54 Å². The molecular formula is C16H31N3O4S. The van der Waals surface area contributed by atoms with E-state index in [0.717, 1.165) is 6.54 Å². The summed E-state index contributed by atoms with van der Waals surface area (Å²) in [5, 5.41) is 3.56. The van der Waals surface area contributed by atoms with Gasteiger partial charge in [-0.15, -0.1) is 0 Å². The molecular weight excluding hydrogens is 330 g/mol. The number of unbranched alkanes of at least 4 members (excludes halogenated alkanes) is 5.